The van der Waals surface area contributed by atoms with Crippen molar-refractivity contribution in [3.05, 3.63) is 0 Å². The minimum atomic E-state index is -4.58. The van der Waals surface area contributed by atoms with Crippen LogP contribution in [0.2, 0.25) is 0 Å². The average Bonchev–Trinajstić information content (AvgIpc) is 2.32. The van der Waals surface area contributed by atoms with Crippen LogP contribution in [-0.2, 0) is 14.3 Å². The number of hydrogen-bond acceptors (Lipinski definition) is 4. The number of nitrogens with zero attached hydrogens (tertiary/aromatic N) is 2. The Morgan fingerprint density at radius 1 is 1.25 bits per heavy atom. The standard InChI is InChI=1S/C11H20F3N3O3/c1-16(2)10(19)6-17(7-11(12,13)14)9(18)4-8(5-15)20-3/h8H,4-7,15H2,1-3H3. The van der Waals surface area contributed by atoms with Crippen LogP contribution in [0.4, 0.5) is 13.2 Å². The molecule has 9 heteroatoms. The number of methoxy groups -OCH3 is 1. The maximum Gasteiger partial charge on any atom is 0.406 e. The number of hydrogen-bond donors (Lipinski definition) is 1. The highest BCUT2D eigenvalue weighted by atomic mass is 19.4. The summed E-state index contributed by atoms with van der Waals surface area (Å²) in [4.78, 5) is 24.9. The van der Waals surface area contributed by atoms with Crippen LogP contribution >= 0.6 is 0 Å². The van der Waals surface area contributed by atoms with Gasteiger partial charge < -0.3 is 20.3 Å². The summed E-state index contributed by atoms with van der Waals surface area (Å²) in [6.07, 6.45) is -5.55. The molecule has 0 aliphatic heterocycles. The lowest BCUT2D eigenvalue weighted by Crippen LogP contribution is -2.46. The van der Waals surface area contributed by atoms with Crippen molar-refractivity contribution in [1.82, 2.24) is 9.80 Å². The Hall–Kier alpha value is -1.35. The Kier molecular flexibility index (Phi) is 7.51. The topological polar surface area (TPSA) is 75.9 Å². The van der Waals surface area contributed by atoms with Gasteiger partial charge in [0.15, 0.2) is 0 Å². The molecule has 0 aromatic carbocycles. The summed E-state index contributed by atoms with van der Waals surface area (Å²) >= 11 is 0. The molecule has 0 bridgehead atoms. The van der Waals surface area contributed by atoms with Gasteiger partial charge in [-0.15, -0.1) is 0 Å². The van der Waals surface area contributed by atoms with E-state index in [1.54, 1.807) is 0 Å². The van der Waals surface area contributed by atoms with E-state index in [1.807, 2.05) is 0 Å². The predicted molar refractivity (Wildman–Crippen MR) is 65.8 cm³/mol. The SMILES string of the molecule is COC(CN)CC(=O)N(CC(=O)N(C)C)CC(F)(F)F. The Labute approximate surface area is 115 Å². The molecule has 0 saturated carbocycles. The molecule has 0 heterocycles. The normalized spacial score (nSPS) is 12.9. The largest absolute Gasteiger partial charge is 0.406 e. The first-order valence-corrected chi connectivity index (χ1v) is 5.88. The summed E-state index contributed by atoms with van der Waals surface area (Å²) in [6, 6.07) is 0. The number of carbonyl (C=O) groups is 2. The minimum Gasteiger partial charge on any atom is -0.380 e. The van der Waals surface area contributed by atoms with Crippen LogP contribution in [0.3, 0.4) is 0 Å². The molecule has 0 aromatic heterocycles. The van der Waals surface area contributed by atoms with Crippen LogP contribution in [-0.4, -0.2) is 74.7 Å². The van der Waals surface area contributed by atoms with Crippen molar-refractivity contribution in [2.24, 2.45) is 5.73 Å². The van der Waals surface area contributed by atoms with Gasteiger partial charge in [0.1, 0.15) is 13.1 Å². The highest BCUT2D eigenvalue weighted by Crippen LogP contribution is 2.17. The third-order valence-electron chi connectivity index (χ3n) is 2.55. The van der Waals surface area contributed by atoms with Crippen molar-refractivity contribution in [1.29, 1.82) is 0 Å². The van der Waals surface area contributed by atoms with Crippen molar-refractivity contribution in [3.8, 4) is 0 Å². The molecule has 0 aliphatic carbocycles. The fourth-order valence-corrected chi connectivity index (χ4v) is 1.34. The van der Waals surface area contributed by atoms with Crippen LogP contribution in [0.1, 0.15) is 6.42 Å². The van der Waals surface area contributed by atoms with Gasteiger partial charge in [0.2, 0.25) is 11.8 Å². The molecule has 0 aliphatic rings. The first-order valence-electron chi connectivity index (χ1n) is 5.88. The third kappa shape index (κ3) is 7.29. The van der Waals surface area contributed by atoms with E-state index in [2.05, 4.69) is 0 Å². The summed E-state index contributed by atoms with van der Waals surface area (Å²) < 4.78 is 42.2. The van der Waals surface area contributed by atoms with Crippen LogP contribution in [0.15, 0.2) is 0 Å². The van der Waals surface area contributed by atoms with E-state index >= 15 is 0 Å². The highest BCUT2D eigenvalue weighted by Gasteiger charge is 2.34. The lowest BCUT2D eigenvalue weighted by Gasteiger charge is -2.26. The molecule has 1 atom stereocenters. The quantitative estimate of drug-likeness (QED) is 0.708. The smallest absolute Gasteiger partial charge is 0.380 e. The number of alkyl halides is 3. The number of carbonyl (C=O) groups excluding carboxylic acids is 2. The van der Waals surface area contributed by atoms with E-state index in [1.165, 1.54) is 21.2 Å². The molecule has 1 unspecified atom stereocenters. The summed E-state index contributed by atoms with van der Waals surface area (Å²) in [5.74, 6) is -1.42. The Morgan fingerprint density at radius 2 is 1.80 bits per heavy atom. The molecular weight excluding hydrogens is 279 g/mol. The van der Waals surface area contributed by atoms with Gasteiger partial charge in [-0.3, -0.25) is 9.59 Å². The fraction of sp³-hybridized carbons (Fsp3) is 0.818. The van der Waals surface area contributed by atoms with E-state index in [0.717, 1.165) is 4.90 Å². The molecule has 0 spiro atoms. The number of halogens is 3. The van der Waals surface area contributed by atoms with E-state index in [-0.39, 0.29) is 13.0 Å². The maximum absolute atomic E-state index is 12.4. The minimum absolute atomic E-state index is 0.00370. The first-order chi connectivity index (χ1) is 9.10. The maximum atomic E-state index is 12.4. The first kappa shape index (κ1) is 18.7. The Balaban J connectivity index is 4.83. The van der Waals surface area contributed by atoms with Crippen molar-refractivity contribution < 1.29 is 27.5 Å². The Morgan fingerprint density at radius 3 is 2.15 bits per heavy atom. The molecule has 118 valence electrons. The van der Waals surface area contributed by atoms with Gasteiger partial charge in [0, 0.05) is 27.7 Å². The molecule has 0 aromatic rings. The second-order valence-corrected chi connectivity index (χ2v) is 4.45. The highest BCUT2D eigenvalue weighted by molar-refractivity contribution is 5.84. The van der Waals surface area contributed by atoms with E-state index in [4.69, 9.17) is 10.5 Å². The van der Waals surface area contributed by atoms with Gasteiger partial charge in [-0.25, -0.2) is 0 Å². The van der Waals surface area contributed by atoms with Gasteiger partial charge in [0.25, 0.3) is 0 Å². The summed E-state index contributed by atoms with van der Waals surface area (Å²) in [5.41, 5.74) is 5.32. The second kappa shape index (κ2) is 8.05. The Bertz CT molecular complexity index is 331. The molecule has 0 saturated heterocycles. The summed E-state index contributed by atoms with van der Waals surface area (Å²) in [7, 11) is 4.11. The lowest BCUT2D eigenvalue weighted by molar-refractivity contribution is -0.165. The fourth-order valence-electron chi connectivity index (χ4n) is 1.34. The van der Waals surface area contributed by atoms with Gasteiger partial charge in [-0.1, -0.05) is 0 Å². The zero-order valence-corrected chi connectivity index (χ0v) is 11.7. The van der Waals surface area contributed by atoms with Crippen LogP contribution < -0.4 is 5.73 Å². The molecular formula is C11H20F3N3O3. The molecule has 0 fully saturated rings. The number of ether oxygens (including phenoxy) is 1. The van der Waals surface area contributed by atoms with Crippen LogP contribution in [0.25, 0.3) is 0 Å². The summed E-state index contributed by atoms with van der Waals surface area (Å²) in [6.45, 7) is -2.11. The van der Waals surface area contributed by atoms with Crippen molar-refractivity contribution in [3.63, 3.8) is 0 Å². The zero-order chi connectivity index (χ0) is 15.9. The molecule has 20 heavy (non-hydrogen) atoms. The van der Waals surface area contributed by atoms with E-state index in [0.29, 0.717) is 4.90 Å². The zero-order valence-electron chi connectivity index (χ0n) is 11.7. The van der Waals surface area contributed by atoms with Gasteiger partial charge >= 0.3 is 6.18 Å². The lowest BCUT2D eigenvalue weighted by atomic mass is 10.2. The molecule has 0 rings (SSSR count). The number of amides is 2. The van der Waals surface area contributed by atoms with Crippen LogP contribution in [0.5, 0.6) is 0 Å². The second-order valence-electron chi connectivity index (χ2n) is 4.45. The average molecular weight is 299 g/mol. The van der Waals surface area contributed by atoms with E-state index in [9.17, 15) is 22.8 Å². The van der Waals surface area contributed by atoms with Crippen molar-refractivity contribution in [2.75, 3.05) is 40.8 Å². The number of rotatable bonds is 7. The number of nitrogens with two attached hydrogens (primary N) is 1. The van der Waals surface area contributed by atoms with Crippen molar-refractivity contribution in [2.45, 2.75) is 18.7 Å². The molecule has 0 radical (unpaired) electrons. The molecule has 6 nitrogen and oxygen atoms in total. The predicted octanol–water partition coefficient (Wildman–Crippen LogP) is -0.171. The van der Waals surface area contributed by atoms with Gasteiger partial charge in [0.05, 0.1) is 12.5 Å². The number of likely N-dealkylation sites (N-methyl/N-ethyl adjacent to an activating group) is 1. The van der Waals surface area contributed by atoms with Crippen LogP contribution in [0, 0.1) is 0 Å². The third-order valence-corrected chi connectivity index (χ3v) is 2.55. The van der Waals surface area contributed by atoms with Gasteiger partial charge in [-0.05, 0) is 0 Å². The van der Waals surface area contributed by atoms with E-state index < -0.39 is 37.2 Å². The molecule has 2 N–H and O–H groups in total. The monoisotopic (exact) mass is 299 g/mol. The van der Waals surface area contributed by atoms with Gasteiger partial charge in [-0.2, -0.15) is 13.2 Å². The molecule has 2 amide bonds. The summed E-state index contributed by atoms with van der Waals surface area (Å²) in [5, 5.41) is 0. The van der Waals surface area contributed by atoms with Crippen molar-refractivity contribution >= 4 is 11.8 Å².